The van der Waals surface area contributed by atoms with Gasteiger partial charge in [-0.15, -0.1) is 0 Å². The van der Waals surface area contributed by atoms with E-state index in [9.17, 15) is 5.11 Å². The van der Waals surface area contributed by atoms with E-state index >= 15 is 0 Å². The van der Waals surface area contributed by atoms with Crippen molar-refractivity contribution in [1.29, 1.82) is 0 Å². The van der Waals surface area contributed by atoms with Crippen molar-refractivity contribution in [2.75, 3.05) is 12.0 Å². The maximum atomic E-state index is 9.64. The van der Waals surface area contributed by atoms with Gasteiger partial charge >= 0.3 is 0 Å². The van der Waals surface area contributed by atoms with Crippen LogP contribution in [-0.2, 0) is 6.61 Å². The van der Waals surface area contributed by atoms with Crippen LogP contribution >= 0.6 is 0 Å². The van der Waals surface area contributed by atoms with Crippen LogP contribution in [0.5, 0.6) is 17.2 Å². The average Bonchev–Trinajstić information content (AvgIpc) is 2.47. The molecule has 2 aromatic rings. The Kier molecular flexibility index (Phi) is 4.68. The lowest BCUT2D eigenvalue weighted by Crippen LogP contribution is -2.06. The molecule has 0 amide bonds. The summed E-state index contributed by atoms with van der Waals surface area (Å²) in [4.78, 5) is 0. The second kappa shape index (κ2) is 6.68. The van der Waals surface area contributed by atoms with Gasteiger partial charge in [0.05, 0.1) is 12.3 Å². The summed E-state index contributed by atoms with van der Waals surface area (Å²) in [5.41, 5.74) is 3.87. The molecule has 106 valence electrons. The van der Waals surface area contributed by atoms with Gasteiger partial charge in [0.2, 0.25) is 0 Å². The second-order valence-corrected chi connectivity index (χ2v) is 4.19. The molecule has 0 atom stereocenters. The molecule has 0 bridgehead atoms. The van der Waals surface area contributed by atoms with Crippen LogP contribution in [0.1, 0.15) is 12.5 Å². The smallest absolute Gasteiger partial charge is 0.143 e. The van der Waals surface area contributed by atoms with Gasteiger partial charge in [0, 0.05) is 6.07 Å². The van der Waals surface area contributed by atoms with Crippen LogP contribution in [0.2, 0.25) is 0 Å². The maximum Gasteiger partial charge on any atom is 0.143 e. The number of aromatic hydroxyl groups is 1. The van der Waals surface area contributed by atoms with Gasteiger partial charge in [-0.25, -0.2) is 0 Å². The normalized spacial score (nSPS) is 10.1. The van der Waals surface area contributed by atoms with E-state index in [0.717, 1.165) is 11.3 Å². The number of rotatable bonds is 6. The molecule has 0 aliphatic heterocycles. The zero-order valence-electron chi connectivity index (χ0n) is 11.3. The summed E-state index contributed by atoms with van der Waals surface area (Å²) in [5.74, 6) is 6.71. The van der Waals surface area contributed by atoms with Crippen molar-refractivity contribution in [3.05, 3.63) is 48.0 Å². The average molecular weight is 274 g/mol. The number of hydrazine groups is 1. The van der Waals surface area contributed by atoms with Crippen LogP contribution < -0.4 is 20.7 Å². The van der Waals surface area contributed by atoms with Crippen LogP contribution in [0.3, 0.4) is 0 Å². The summed E-state index contributed by atoms with van der Waals surface area (Å²) in [6, 6.07) is 12.6. The van der Waals surface area contributed by atoms with Crippen LogP contribution in [0.25, 0.3) is 0 Å². The molecule has 5 nitrogen and oxygen atoms in total. The highest BCUT2D eigenvalue weighted by Crippen LogP contribution is 2.27. The van der Waals surface area contributed by atoms with Gasteiger partial charge in [0.25, 0.3) is 0 Å². The zero-order chi connectivity index (χ0) is 14.4. The number of nitrogens with two attached hydrogens (primary N) is 1. The molecule has 5 heteroatoms. The van der Waals surface area contributed by atoms with Gasteiger partial charge < -0.3 is 20.0 Å². The zero-order valence-corrected chi connectivity index (χ0v) is 11.3. The highest BCUT2D eigenvalue weighted by molar-refractivity contribution is 5.57. The van der Waals surface area contributed by atoms with E-state index in [1.807, 2.05) is 31.2 Å². The van der Waals surface area contributed by atoms with Crippen molar-refractivity contribution in [1.82, 2.24) is 0 Å². The van der Waals surface area contributed by atoms with E-state index in [1.165, 1.54) is 6.07 Å². The first-order chi connectivity index (χ1) is 9.72. The molecule has 0 saturated carbocycles. The van der Waals surface area contributed by atoms with Gasteiger partial charge in [0.15, 0.2) is 0 Å². The van der Waals surface area contributed by atoms with Crippen molar-refractivity contribution in [3.63, 3.8) is 0 Å². The van der Waals surface area contributed by atoms with E-state index in [0.29, 0.717) is 24.7 Å². The van der Waals surface area contributed by atoms with Gasteiger partial charge in [-0.2, -0.15) is 0 Å². The van der Waals surface area contributed by atoms with Crippen molar-refractivity contribution in [2.24, 2.45) is 5.84 Å². The highest BCUT2D eigenvalue weighted by atomic mass is 16.5. The number of benzene rings is 2. The minimum Gasteiger partial charge on any atom is -0.506 e. The second-order valence-electron chi connectivity index (χ2n) is 4.19. The molecule has 0 heterocycles. The third-order valence-corrected chi connectivity index (χ3v) is 2.76. The SMILES string of the molecule is CCOc1ccc(COc2ccc(NN)c(O)c2)cc1. The topological polar surface area (TPSA) is 76.7 Å². The largest absolute Gasteiger partial charge is 0.506 e. The third-order valence-electron chi connectivity index (χ3n) is 2.76. The molecular formula is C15H18N2O3. The Morgan fingerprint density at radius 3 is 2.35 bits per heavy atom. The molecule has 0 aromatic heterocycles. The summed E-state index contributed by atoms with van der Waals surface area (Å²) in [5, 5.41) is 9.64. The number of phenols is 1. The first kappa shape index (κ1) is 14.0. The highest BCUT2D eigenvalue weighted by Gasteiger charge is 2.02. The van der Waals surface area contributed by atoms with Crippen molar-refractivity contribution in [2.45, 2.75) is 13.5 Å². The van der Waals surface area contributed by atoms with E-state index in [4.69, 9.17) is 15.3 Å². The number of phenolic OH excluding ortho intramolecular Hbond substituents is 1. The van der Waals surface area contributed by atoms with E-state index < -0.39 is 0 Å². The molecule has 0 fully saturated rings. The number of hydrogen-bond acceptors (Lipinski definition) is 5. The maximum absolute atomic E-state index is 9.64. The molecule has 0 spiro atoms. The molecule has 4 N–H and O–H groups in total. The Balaban J connectivity index is 1.96. The quantitative estimate of drug-likeness (QED) is 0.429. The number of nitrogen functional groups attached to an aromatic ring is 1. The summed E-state index contributed by atoms with van der Waals surface area (Å²) >= 11 is 0. The minimum atomic E-state index is 0.0525. The molecule has 0 radical (unpaired) electrons. The van der Waals surface area contributed by atoms with Crippen LogP contribution in [0, 0.1) is 0 Å². The predicted molar refractivity (Wildman–Crippen MR) is 77.9 cm³/mol. The summed E-state index contributed by atoms with van der Waals surface area (Å²) in [6.45, 7) is 3.02. The van der Waals surface area contributed by atoms with Crippen LogP contribution in [-0.4, -0.2) is 11.7 Å². The monoisotopic (exact) mass is 274 g/mol. The molecule has 0 unspecified atom stereocenters. The van der Waals surface area contributed by atoms with Crippen LogP contribution in [0.4, 0.5) is 5.69 Å². The van der Waals surface area contributed by atoms with E-state index in [2.05, 4.69) is 5.43 Å². The molecule has 2 rings (SSSR count). The Bertz CT molecular complexity index is 556. The fourth-order valence-corrected chi connectivity index (χ4v) is 1.74. The standard InChI is InChI=1S/C15H18N2O3/c1-2-19-12-5-3-11(4-6-12)10-20-13-7-8-14(17-16)15(18)9-13/h3-9,17-18H,2,10,16H2,1H3. The van der Waals surface area contributed by atoms with Gasteiger partial charge in [-0.05, 0) is 36.8 Å². The van der Waals surface area contributed by atoms with E-state index in [-0.39, 0.29) is 5.75 Å². The summed E-state index contributed by atoms with van der Waals surface area (Å²) < 4.78 is 11.0. The fraction of sp³-hybridized carbons (Fsp3) is 0.200. The number of nitrogens with one attached hydrogen (secondary N) is 1. The third kappa shape index (κ3) is 3.55. The lowest BCUT2D eigenvalue weighted by molar-refractivity contribution is 0.303. The van der Waals surface area contributed by atoms with Crippen molar-refractivity contribution in [3.8, 4) is 17.2 Å². The first-order valence-electron chi connectivity index (χ1n) is 6.37. The lowest BCUT2D eigenvalue weighted by Gasteiger charge is -2.09. The molecule has 0 aliphatic carbocycles. The Hall–Kier alpha value is -2.40. The summed E-state index contributed by atoms with van der Waals surface area (Å²) in [6.07, 6.45) is 0. The lowest BCUT2D eigenvalue weighted by atomic mass is 10.2. The Morgan fingerprint density at radius 1 is 1.05 bits per heavy atom. The fourth-order valence-electron chi connectivity index (χ4n) is 1.74. The molecule has 0 aliphatic rings. The van der Waals surface area contributed by atoms with Crippen molar-refractivity contribution < 1.29 is 14.6 Å². The number of anilines is 1. The Morgan fingerprint density at radius 2 is 1.75 bits per heavy atom. The van der Waals surface area contributed by atoms with Crippen molar-refractivity contribution >= 4 is 5.69 Å². The van der Waals surface area contributed by atoms with Gasteiger partial charge in [-0.3, -0.25) is 5.84 Å². The van der Waals surface area contributed by atoms with Crippen LogP contribution in [0.15, 0.2) is 42.5 Å². The predicted octanol–water partition coefficient (Wildman–Crippen LogP) is 2.66. The summed E-state index contributed by atoms with van der Waals surface area (Å²) in [7, 11) is 0. The minimum absolute atomic E-state index is 0.0525. The van der Waals surface area contributed by atoms with Gasteiger partial charge in [0.1, 0.15) is 23.9 Å². The van der Waals surface area contributed by atoms with Gasteiger partial charge in [-0.1, -0.05) is 12.1 Å². The molecule has 20 heavy (non-hydrogen) atoms. The Labute approximate surface area is 117 Å². The molecular weight excluding hydrogens is 256 g/mol. The molecule has 2 aromatic carbocycles. The van der Waals surface area contributed by atoms with E-state index in [1.54, 1.807) is 12.1 Å². The number of hydrogen-bond donors (Lipinski definition) is 3. The molecule has 0 saturated heterocycles. The first-order valence-corrected chi connectivity index (χ1v) is 6.37. The number of ether oxygens (including phenoxy) is 2.